The number of ether oxygens (including phenoxy) is 1. The van der Waals surface area contributed by atoms with E-state index in [-0.39, 0.29) is 0 Å². The van der Waals surface area contributed by atoms with Crippen molar-refractivity contribution < 1.29 is 4.74 Å². The van der Waals surface area contributed by atoms with Crippen molar-refractivity contribution in [2.24, 2.45) is 4.99 Å². The number of benzene rings is 1. The van der Waals surface area contributed by atoms with Crippen LogP contribution in [0.3, 0.4) is 0 Å². The van der Waals surface area contributed by atoms with E-state index in [2.05, 4.69) is 10.1 Å². The van der Waals surface area contributed by atoms with Crippen LogP contribution in [-0.2, 0) is 0 Å². The average molecular weight is 292 g/mol. The van der Waals surface area contributed by atoms with Gasteiger partial charge >= 0.3 is 0 Å². The van der Waals surface area contributed by atoms with Crippen LogP contribution >= 0.6 is 0 Å². The molecule has 0 N–H and O–H groups in total. The molecule has 0 unspecified atom stereocenters. The molecule has 1 aliphatic rings. The number of hydrogen-bond donors (Lipinski definition) is 0. The molecule has 0 spiro atoms. The van der Waals surface area contributed by atoms with Gasteiger partial charge < -0.3 is 4.74 Å². The summed E-state index contributed by atoms with van der Waals surface area (Å²) in [5, 5.41) is 4.41. The van der Waals surface area contributed by atoms with Crippen molar-refractivity contribution >= 4 is 11.4 Å². The minimum atomic E-state index is -0.608. The Morgan fingerprint density at radius 1 is 1.09 bits per heavy atom. The minimum Gasteiger partial charge on any atom is -0.466 e. The summed E-state index contributed by atoms with van der Waals surface area (Å²) in [6.07, 6.45) is 5.62. The number of hydrogen-bond acceptors (Lipinski definition) is 4. The SMILES string of the molecule is Cc1cnc2c(C3=NC(C)(C)Oc4ccccc43)cnn2c1. The van der Waals surface area contributed by atoms with Gasteiger partial charge in [0.1, 0.15) is 5.75 Å². The van der Waals surface area contributed by atoms with Crippen molar-refractivity contribution in [1.82, 2.24) is 14.6 Å². The Labute approximate surface area is 128 Å². The van der Waals surface area contributed by atoms with Crippen LogP contribution in [0.15, 0.2) is 47.8 Å². The molecule has 0 radical (unpaired) electrons. The first-order valence-electron chi connectivity index (χ1n) is 7.22. The minimum absolute atomic E-state index is 0.608. The molecule has 2 aromatic heterocycles. The maximum atomic E-state index is 5.94. The van der Waals surface area contributed by atoms with Crippen LogP contribution in [0.2, 0.25) is 0 Å². The number of fused-ring (bicyclic) bond motifs is 2. The molecule has 22 heavy (non-hydrogen) atoms. The lowest BCUT2D eigenvalue weighted by atomic mass is 10.0. The van der Waals surface area contributed by atoms with Gasteiger partial charge in [0.05, 0.1) is 17.5 Å². The summed E-state index contributed by atoms with van der Waals surface area (Å²) in [6.45, 7) is 5.90. The van der Waals surface area contributed by atoms with E-state index in [4.69, 9.17) is 9.73 Å². The molecule has 5 nitrogen and oxygen atoms in total. The highest BCUT2D eigenvalue weighted by molar-refractivity contribution is 6.18. The second kappa shape index (κ2) is 4.40. The molecule has 0 aliphatic carbocycles. The third-order valence-electron chi connectivity index (χ3n) is 3.62. The molecule has 0 saturated carbocycles. The summed E-state index contributed by atoms with van der Waals surface area (Å²) in [6, 6.07) is 7.94. The quantitative estimate of drug-likeness (QED) is 0.693. The Hall–Kier alpha value is -2.69. The fraction of sp³-hybridized carbons (Fsp3) is 0.235. The number of aryl methyl sites for hydroxylation is 1. The standard InChI is InChI=1S/C17H16N4O/c1-11-8-18-16-13(9-19-21(16)10-11)15-12-6-4-5-7-14(12)22-17(2,3)20-15/h4-10H,1-3H3. The fourth-order valence-corrected chi connectivity index (χ4v) is 2.71. The molecule has 1 aromatic carbocycles. The first-order chi connectivity index (χ1) is 10.5. The third kappa shape index (κ3) is 1.97. The number of nitrogens with zero attached hydrogens (tertiary/aromatic N) is 4. The lowest BCUT2D eigenvalue weighted by molar-refractivity contribution is 0.115. The number of para-hydroxylation sites is 1. The summed E-state index contributed by atoms with van der Waals surface area (Å²) < 4.78 is 7.73. The smallest absolute Gasteiger partial charge is 0.195 e. The van der Waals surface area contributed by atoms with Crippen LogP contribution in [0.25, 0.3) is 5.65 Å². The number of rotatable bonds is 1. The molecule has 0 bridgehead atoms. The maximum absolute atomic E-state index is 5.94. The highest BCUT2D eigenvalue weighted by Crippen LogP contribution is 2.32. The summed E-state index contributed by atoms with van der Waals surface area (Å²) in [4.78, 5) is 9.29. The molecular weight excluding hydrogens is 276 g/mol. The van der Waals surface area contributed by atoms with Gasteiger partial charge in [-0.1, -0.05) is 12.1 Å². The van der Waals surface area contributed by atoms with Crippen molar-refractivity contribution in [1.29, 1.82) is 0 Å². The maximum Gasteiger partial charge on any atom is 0.195 e. The van der Waals surface area contributed by atoms with Gasteiger partial charge in [-0.2, -0.15) is 5.10 Å². The largest absolute Gasteiger partial charge is 0.466 e. The lowest BCUT2D eigenvalue weighted by Crippen LogP contribution is -2.32. The summed E-state index contributed by atoms with van der Waals surface area (Å²) in [5.41, 5.74) is 4.03. The average Bonchev–Trinajstić information content (AvgIpc) is 2.88. The second-order valence-electron chi connectivity index (χ2n) is 5.96. The van der Waals surface area contributed by atoms with E-state index in [1.54, 1.807) is 4.52 Å². The van der Waals surface area contributed by atoms with Crippen LogP contribution in [0, 0.1) is 6.92 Å². The molecule has 0 saturated heterocycles. The zero-order chi connectivity index (χ0) is 15.3. The second-order valence-corrected chi connectivity index (χ2v) is 5.96. The first kappa shape index (κ1) is 13.0. The highest BCUT2D eigenvalue weighted by atomic mass is 16.5. The van der Waals surface area contributed by atoms with Gasteiger partial charge in [0.2, 0.25) is 0 Å². The van der Waals surface area contributed by atoms with Gasteiger partial charge in [-0.3, -0.25) is 0 Å². The normalized spacial score (nSPS) is 16.0. The predicted molar refractivity (Wildman–Crippen MR) is 84.5 cm³/mol. The van der Waals surface area contributed by atoms with Gasteiger partial charge in [-0.15, -0.1) is 0 Å². The molecule has 3 heterocycles. The van der Waals surface area contributed by atoms with Crippen LogP contribution < -0.4 is 4.74 Å². The van der Waals surface area contributed by atoms with E-state index in [1.165, 1.54) is 0 Å². The van der Waals surface area contributed by atoms with Crippen molar-refractivity contribution in [3.63, 3.8) is 0 Å². The van der Waals surface area contributed by atoms with Crippen LogP contribution in [-0.4, -0.2) is 26.0 Å². The Balaban J connectivity index is 1.98. The molecular formula is C17H16N4O. The molecule has 0 fully saturated rings. The number of aromatic nitrogens is 3. The van der Waals surface area contributed by atoms with Crippen LogP contribution in [0.5, 0.6) is 5.75 Å². The van der Waals surface area contributed by atoms with Crippen LogP contribution in [0.1, 0.15) is 30.5 Å². The van der Waals surface area contributed by atoms with E-state index in [9.17, 15) is 0 Å². The van der Waals surface area contributed by atoms with Crippen molar-refractivity contribution in [3.05, 3.63) is 59.5 Å². The van der Waals surface area contributed by atoms with Crippen molar-refractivity contribution in [2.45, 2.75) is 26.5 Å². The van der Waals surface area contributed by atoms with E-state index in [1.807, 2.05) is 63.6 Å². The number of aliphatic imine (C=N–C) groups is 1. The van der Waals surface area contributed by atoms with Gasteiger partial charge in [-0.05, 0) is 38.5 Å². The molecule has 3 aromatic rings. The zero-order valence-electron chi connectivity index (χ0n) is 12.7. The molecule has 1 aliphatic heterocycles. The molecule has 110 valence electrons. The lowest BCUT2D eigenvalue weighted by Gasteiger charge is -2.29. The summed E-state index contributed by atoms with van der Waals surface area (Å²) in [5.74, 6) is 0.837. The molecule has 5 heteroatoms. The van der Waals surface area contributed by atoms with Crippen molar-refractivity contribution in [2.75, 3.05) is 0 Å². The Bertz CT molecular complexity index is 908. The van der Waals surface area contributed by atoms with E-state index in [0.717, 1.165) is 33.8 Å². The topological polar surface area (TPSA) is 51.8 Å². The highest BCUT2D eigenvalue weighted by Gasteiger charge is 2.29. The Morgan fingerprint density at radius 3 is 2.77 bits per heavy atom. The summed E-state index contributed by atoms with van der Waals surface area (Å²) in [7, 11) is 0. The van der Waals surface area contributed by atoms with Crippen molar-refractivity contribution in [3.8, 4) is 5.75 Å². The van der Waals surface area contributed by atoms with Gasteiger partial charge in [0, 0.05) is 18.0 Å². The van der Waals surface area contributed by atoms with Gasteiger partial charge in [0.25, 0.3) is 0 Å². The fourth-order valence-electron chi connectivity index (χ4n) is 2.71. The summed E-state index contributed by atoms with van der Waals surface area (Å²) >= 11 is 0. The molecule has 0 atom stereocenters. The Morgan fingerprint density at radius 2 is 1.91 bits per heavy atom. The van der Waals surface area contributed by atoms with E-state index in [0.29, 0.717) is 0 Å². The molecule has 4 rings (SSSR count). The monoisotopic (exact) mass is 292 g/mol. The van der Waals surface area contributed by atoms with E-state index >= 15 is 0 Å². The predicted octanol–water partition coefficient (Wildman–Crippen LogP) is 3.00. The molecule has 0 amide bonds. The Kier molecular flexibility index (Phi) is 2.60. The third-order valence-corrected chi connectivity index (χ3v) is 3.62. The van der Waals surface area contributed by atoms with E-state index < -0.39 is 5.72 Å². The van der Waals surface area contributed by atoms with Gasteiger partial charge in [0.15, 0.2) is 11.4 Å². The zero-order valence-corrected chi connectivity index (χ0v) is 12.7. The van der Waals surface area contributed by atoms with Gasteiger partial charge in [-0.25, -0.2) is 14.5 Å². The first-order valence-corrected chi connectivity index (χ1v) is 7.22. The van der Waals surface area contributed by atoms with Crippen LogP contribution in [0.4, 0.5) is 0 Å².